The van der Waals surface area contributed by atoms with Gasteiger partial charge in [-0.05, 0) is 32.0 Å². The number of nitrogens with zero attached hydrogens (tertiary/aromatic N) is 2. The van der Waals surface area contributed by atoms with E-state index >= 15 is 0 Å². The number of hydrogen-bond donors (Lipinski definition) is 1. The van der Waals surface area contributed by atoms with Crippen molar-refractivity contribution in [3.05, 3.63) is 60.0 Å². The van der Waals surface area contributed by atoms with Gasteiger partial charge in [-0.25, -0.2) is 0 Å². The molecule has 2 aromatic heterocycles. The number of amides is 1. The van der Waals surface area contributed by atoms with E-state index in [2.05, 4.69) is 29.3 Å². The summed E-state index contributed by atoms with van der Waals surface area (Å²) in [6, 6.07) is 11.1. The van der Waals surface area contributed by atoms with Crippen LogP contribution in [0.15, 0.2) is 53.3 Å². The zero-order valence-corrected chi connectivity index (χ0v) is 15.8. The van der Waals surface area contributed by atoms with E-state index in [4.69, 9.17) is 14.0 Å². The molecule has 0 atom stereocenters. The highest BCUT2D eigenvalue weighted by Crippen LogP contribution is 2.41. The number of carbonyl (C=O) groups excluding carboxylic acids is 1. The average molecular weight is 379 g/mol. The van der Waals surface area contributed by atoms with Gasteiger partial charge in [-0.1, -0.05) is 17.3 Å². The third-order valence-electron chi connectivity index (χ3n) is 4.39. The van der Waals surface area contributed by atoms with Crippen molar-refractivity contribution in [1.29, 1.82) is 0 Å². The van der Waals surface area contributed by atoms with Crippen molar-refractivity contribution in [2.45, 2.75) is 25.9 Å². The van der Waals surface area contributed by atoms with Crippen molar-refractivity contribution in [1.82, 2.24) is 15.5 Å². The molecule has 0 radical (unpaired) electrons. The van der Waals surface area contributed by atoms with E-state index in [9.17, 15) is 4.79 Å². The van der Waals surface area contributed by atoms with Gasteiger partial charge in [0.1, 0.15) is 12.2 Å². The first-order valence-electron chi connectivity index (χ1n) is 9.11. The van der Waals surface area contributed by atoms with Gasteiger partial charge in [-0.2, -0.15) is 0 Å². The van der Waals surface area contributed by atoms with Crippen molar-refractivity contribution in [3.63, 3.8) is 0 Å². The number of hydrogen-bond acceptors (Lipinski definition) is 6. The molecule has 7 nitrogen and oxygen atoms in total. The maximum absolute atomic E-state index is 12.2. The summed E-state index contributed by atoms with van der Waals surface area (Å²) in [4.78, 5) is 16.3. The Morgan fingerprint density at radius 1 is 1.29 bits per heavy atom. The van der Waals surface area contributed by atoms with Crippen LogP contribution >= 0.6 is 0 Å². The molecule has 0 saturated carbocycles. The number of aromatic nitrogens is 2. The molecule has 1 N–H and O–H groups in total. The molecule has 4 rings (SSSR count). The number of fused-ring (bicyclic) bond motifs is 1. The zero-order chi connectivity index (χ0) is 19.6. The molecular weight excluding hydrogens is 358 g/mol. The molecule has 0 fully saturated rings. The van der Waals surface area contributed by atoms with Gasteiger partial charge in [0.15, 0.2) is 23.0 Å². The molecule has 1 aromatic carbocycles. The lowest BCUT2D eigenvalue weighted by Gasteiger charge is -2.18. The predicted molar refractivity (Wildman–Crippen MR) is 102 cm³/mol. The maximum atomic E-state index is 12.2. The predicted octanol–water partition coefficient (Wildman–Crippen LogP) is 3.26. The standard InChI is InChI=1S/C21H21N3O4/c1-21(2)12-14-5-3-7-17(19(14)27-21)26-10-9-23-20(25)16-11-18(28-24-16)15-6-4-8-22-13-15/h3-8,11,13H,9-10,12H2,1-2H3,(H,23,25). The second-order valence-corrected chi connectivity index (χ2v) is 7.21. The van der Waals surface area contributed by atoms with Crippen LogP contribution in [0.25, 0.3) is 11.3 Å². The molecule has 1 amide bonds. The smallest absolute Gasteiger partial charge is 0.273 e. The summed E-state index contributed by atoms with van der Waals surface area (Å²) in [5.41, 5.74) is 1.88. The van der Waals surface area contributed by atoms with Crippen LogP contribution in [0.3, 0.4) is 0 Å². The highest BCUT2D eigenvalue weighted by atomic mass is 16.5. The van der Waals surface area contributed by atoms with Crippen LogP contribution in [0.5, 0.6) is 11.5 Å². The largest absolute Gasteiger partial charge is 0.488 e. The minimum Gasteiger partial charge on any atom is -0.488 e. The monoisotopic (exact) mass is 379 g/mol. The Balaban J connectivity index is 1.31. The Kier molecular flexibility index (Phi) is 4.73. The molecule has 0 aliphatic carbocycles. The number of para-hydroxylation sites is 1. The van der Waals surface area contributed by atoms with Crippen LogP contribution in [0.4, 0.5) is 0 Å². The lowest BCUT2D eigenvalue weighted by Crippen LogP contribution is -2.28. The van der Waals surface area contributed by atoms with Gasteiger partial charge in [-0.15, -0.1) is 0 Å². The Bertz CT molecular complexity index is 982. The molecular formula is C21H21N3O4. The van der Waals surface area contributed by atoms with Crippen LogP contribution < -0.4 is 14.8 Å². The van der Waals surface area contributed by atoms with Crippen LogP contribution in [0.2, 0.25) is 0 Å². The lowest BCUT2D eigenvalue weighted by atomic mass is 10.0. The van der Waals surface area contributed by atoms with Crippen LogP contribution in [-0.2, 0) is 6.42 Å². The van der Waals surface area contributed by atoms with E-state index < -0.39 is 0 Å². The van der Waals surface area contributed by atoms with E-state index in [0.29, 0.717) is 24.7 Å². The van der Waals surface area contributed by atoms with Crippen LogP contribution in [-0.4, -0.2) is 34.8 Å². The van der Waals surface area contributed by atoms with Gasteiger partial charge < -0.3 is 19.3 Å². The minimum absolute atomic E-state index is 0.213. The van der Waals surface area contributed by atoms with Crippen LogP contribution in [0, 0.1) is 0 Å². The van der Waals surface area contributed by atoms with Crippen molar-refractivity contribution in [2.75, 3.05) is 13.2 Å². The summed E-state index contributed by atoms with van der Waals surface area (Å²) >= 11 is 0. The molecule has 144 valence electrons. The summed E-state index contributed by atoms with van der Waals surface area (Å²) in [5, 5.41) is 6.59. The van der Waals surface area contributed by atoms with E-state index in [-0.39, 0.29) is 17.2 Å². The van der Waals surface area contributed by atoms with Crippen molar-refractivity contribution in [3.8, 4) is 22.8 Å². The molecule has 0 saturated heterocycles. The van der Waals surface area contributed by atoms with Crippen molar-refractivity contribution >= 4 is 5.91 Å². The highest BCUT2D eigenvalue weighted by molar-refractivity contribution is 5.93. The van der Waals surface area contributed by atoms with E-state index in [1.807, 2.05) is 24.3 Å². The number of nitrogens with one attached hydrogen (secondary N) is 1. The molecule has 1 aliphatic rings. The molecule has 3 aromatic rings. The van der Waals surface area contributed by atoms with Gasteiger partial charge in [0.05, 0.1) is 6.54 Å². The van der Waals surface area contributed by atoms with Crippen LogP contribution in [0.1, 0.15) is 29.9 Å². The molecule has 28 heavy (non-hydrogen) atoms. The maximum Gasteiger partial charge on any atom is 0.273 e. The van der Waals surface area contributed by atoms with Gasteiger partial charge in [0.25, 0.3) is 5.91 Å². The molecule has 1 aliphatic heterocycles. The van der Waals surface area contributed by atoms with E-state index in [0.717, 1.165) is 23.3 Å². The second kappa shape index (κ2) is 7.34. The summed E-state index contributed by atoms with van der Waals surface area (Å²) in [6.07, 6.45) is 4.17. The topological polar surface area (TPSA) is 86.5 Å². The number of pyridine rings is 1. The fraction of sp³-hybridized carbons (Fsp3) is 0.286. The summed E-state index contributed by atoms with van der Waals surface area (Å²) in [6.45, 7) is 4.75. The Hall–Kier alpha value is -3.35. The fourth-order valence-electron chi connectivity index (χ4n) is 3.14. The minimum atomic E-state index is -0.321. The molecule has 0 bridgehead atoms. The zero-order valence-electron chi connectivity index (χ0n) is 15.8. The highest BCUT2D eigenvalue weighted by Gasteiger charge is 2.32. The number of carbonyl (C=O) groups is 1. The number of benzene rings is 1. The second-order valence-electron chi connectivity index (χ2n) is 7.21. The summed E-state index contributed by atoms with van der Waals surface area (Å²) in [5.74, 6) is 1.65. The first kappa shape index (κ1) is 18.0. The first-order chi connectivity index (χ1) is 13.5. The Morgan fingerprint density at radius 3 is 3.00 bits per heavy atom. The van der Waals surface area contributed by atoms with Gasteiger partial charge >= 0.3 is 0 Å². The molecule has 7 heteroatoms. The van der Waals surface area contributed by atoms with E-state index in [1.54, 1.807) is 24.5 Å². The normalized spacial score (nSPS) is 14.2. The van der Waals surface area contributed by atoms with Crippen molar-refractivity contribution in [2.24, 2.45) is 0 Å². The van der Waals surface area contributed by atoms with Gasteiger partial charge in [0, 0.05) is 36.0 Å². The SMILES string of the molecule is CC1(C)Cc2cccc(OCCNC(=O)c3cc(-c4cccnc4)on3)c2O1. The van der Waals surface area contributed by atoms with E-state index in [1.165, 1.54) is 0 Å². The fourth-order valence-corrected chi connectivity index (χ4v) is 3.14. The third-order valence-corrected chi connectivity index (χ3v) is 4.39. The summed E-state index contributed by atoms with van der Waals surface area (Å²) < 4.78 is 17.0. The van der Waals surface area contributed by atoms with Crippen molar-refractivity contribution < 1.29 is 18.8 Å². The molecule has 0 unspecified atom stereocenters. The number of ether oxygens (including phenoxy) is 2. The first-order valence-corrected chi connectivity index (χ1v) is 9.11. The molecule has 3 heterocycles. The summed E-state index contributed by atoms with van der Waals surface area (Å²) in [7, 11) is 0. The third kappa shape index (κ3) is 3.83. The van der Waals surface area contributed by atoms with Gasteiger partial charge in [0.2, 0.25) is 0 Å². The lowest BCUT2D eigenvalue weighted by molar-refractivity contribution is 0.0937. The number of rotatable bonds is 6. The van der Waals surface area contributed by atoms with Gasteiger partial charge in [-0.3, -0.25) is 9.78 Å². The average Bonchev–Trinajstić information content (AvgIpc) is 3.29. The quantitative estimate of drug-likeness (QED) is 0.662. The Morgan fingerprint density at radius 2 is 2.18 bits per heavy atom. The molecule has 0 spiro atoms. The Labute approximate surface area is 162 Å².